The molecule has 0 aromatic heterocycles. The van der Waals surface area contributed by atoms with Crippen LogP contribution in [0.4, 0.5) is 10.1 Å². The van der Waals surface area contributed by atoms with Gasteiger partial charge >= 0.3 is 0 Å². The summed E-state index contributed by atoms with van der Waals surface area (Å²) in [6.07, 6.45) is 1.70. The number of halogens is 1. The number of nitrogens with one attached hydrogen (secondary N) is 2. The van der Waals surface area contributed by atoms with E-state index in [0.29, 0.717) is 43.7 Å². The van der Waals surface area contributed by atoms with Crippen molar-refractivity contribution < 1.29 is 27.1 Å². The molecule has 1 fully saturated rings. The Balaban J connectivity index is 1.67. The number of hydrogen-bond acceptors (Lipinski definition) is 5. The molecule has 0 saturated carbocycles. The molecule has 2 amide bonds. The molecule has 10 heteroatoms. The Morgan fingerprint density at radius 2 is 1.88 bits per heavy atom. The maximum Gasteiger partial charge on any atom is 0.253 e. The van der Waals surface area contributed by atoms with Crippen LogP contribution >= 0.6 is 0 Å². The zero-order valence-corrected chi connectivity index (χ0v) is 19.2. The smallest absolute Gasteiger partial charge is 0.253 e. The fourth-order valence-corrected chi connectivity index (χ4v) is 5.19. The average Bonchev–Trinajstić information content (AvgIpc) is 2.82. The Morgan fingerprint density at radius 1 is 1.15 bits per heavy atom. The summed E-state index contributed by atoms with van der Waals surface area (Å²) in [5.41, 5.74) is 0.695. The van der Waals surface area contributed by atoms with Gasteiger partial charge in [0.2, 0.25) is 15.9 Å². The normalized spacial score (nSPS) is 16.8. The minimum Gasteiger partial charge on any atom is -0.385 e. The van der Waals surface area contributed by atoms with E-state index in [0.717, 1.165) is 12.1 Å². The van der Waals surface area contributed by atoms with Crippen molar-refractivity contribution in [1.29, 1.82) is 0 Å². The van der Waals surface area contributed by atoms with Crippen molar-refractivity contribution in [1.82, 2.24) is 9.62 Å². The molecule has 0 aliphatic carbocycles. The number of anilines is 1. The standard InChI is InChI=1S/C23H28FN3O5S/c1-32-15-5-13-25-23(29)20-7-2-3-8-21(20)26-22(28)17-6-4-14-27(16-17)33(30,31)19-11-9-18(24)10-12-19/h2-3,7-12,17H,4-6,13-16H2,1H3,(H,25,29)(H,26,28). The highest BCUT2D eigenvalue weighted by atomic mass is 32.2. The van der Waals surface area contributed by atoms with E-state index < -0.39 is 21.8 Å². The van der Waals surface area contributed by atoms with Gasteiger partial charge in [0.25, 0.3) is 5.91 Å². The van der Waals surface area contributed by atoms with Gasteiger partial charge in [-0.05, 0) is 55.7 Å². The number of methoxy groups -OCH3 is 1. The molecule has 1 atom stereocenters. The molecule has 2 aromatic rings. The molecule has 1 aliphatic rings. The second-order valence-electron chi connectivity index (χ2n) is 7.79. The molecule has 1 heterocycles. The van der Waals surface area contributed by atoms with Crippen LogP contribution in [0.2, 0.25) is 0 Å². The Kier molecular flexibility index (Phi) is 8.54. The fourth-order valence-electron chi connectivity index (χ4n) is 3.67. The second kappa shape index (κ2) is 11.4. The summed E-state index contributed by atoms with van der Waals surface area (Å²) in [6, 6.07) is 11.3. The SMILES string of the molecule is COCCCNC(=O)c1ccccc1NC(=O)C1CCCN(S(=O)(=O)c2ccc(F)cc2)C1. The number of para-hydroxylation sites is 1. The third-order valence-corrected chi connectivity index (χ3v) is 7.33. The van der Waals surface area contributed by atoms with E-state index in [-0.39, 0.29) is 29.8 Å². The quantitative estimate of drug-likeness (QED) is 0.541. The van der Waals surface area contributed by atoms with Crippen molar-refractivity contribution in [2.24, 2.45) is 5.92 Å². The van der Waals surface area contributed by atoms with E-state index in [1.807, 2.05) is 0 Å². The predicted octanol–water partition coefficient (Wildman–Crippen LogP) is 2.63. The van der Waals surface area contributed by atoms with Crippen molar-refractivity contribution in [2.75, 3.05) is 38.7 Å². The van der Waals surface area contributed by atoms with Crippen molar-refractivity contribution in [3.8, 4) is 0 Å². The van der Waals surface area contributed by atoms with Crippen LogP contribution < -0.4 is 10.6 Å². The van der Waals surface area contributed by atoms with Crippen LogP contribution in [0.5, 0.6) is 0 Å². The highest BCUT2D eigenvalue weighted by Crippen LogP contribution is 2.25. The number of nitrogens with zero attached hydrogens (tertiary/aromatic N) is 1. The van der Waals surface area contributed by atoms with E-state index in [1.165, 1.54) is 16.4 Å². The lowest BCUT2D eigenvalue weighted by Gasteiger charge is -2.31. The van der Waals surface area contributed by atoms with Crippen molar-refractivity contribution in [3.05, 3.63) is 59.9 Å². The van der Waals surface area contributed by atoms with Crippen LogP contribution in [-0.4, -0.2) is 57.9 Å². The fraction of sp³-hybridized carbons (Fsp3) is 0.391. The van der Waals surface area contributed by atoms with E-state index >= 15 is 0 Å². The molecule has 1 aliphatic heterocycles. The topological polar surface area (TPSA) is 105 Å². The monoisotopic (exact) mass is 477 g/mol. The molecular formula is C23H28FN3O5S. The molecule has 2 aromatic carbocycles. The maximum atomic E-state index is 13.2. The summed E-state index contributed by atoms with van der Waals surface area (Å²) in [6.45, 7) is 1.26. The summed E-state index contributed by atoms with van der Waals surface area (Å²) in [5, 5.41) is 5.58. The first kappa shape index (κ1) is 24.8. The van der Waals surface area contributed by atoms with Crippen LogP contribution in [0.25, 0.3) is 0 Å². The molecule has 0 bridgehead atoms. The largest absolute Gasteiger partial charge is 0.385 e. The number of benzene rings is 2. The van der Waals surface area contributed by atoms with Crippen LogP contribution in [-0.2, 0) is 19.6 Å². The van der Waals surface area contributed by atoms with E-state index in [4.69, 9.17) is 4.74 Å². The van der Waals surface area contributed by atoms with Crippen molar-refractivity contribution >= 4 is 27.5 Å². The van der Waals surface area contributed by atoms with Gasteiger partial charge in [0.15, 0.2) is 0 Å². The number of amides is 2. The molecule has 8 nitrogen and oxygen atoms in total. The molecule has 0 radical (unpaired) electrons. The summed E-state index contributed by atoms with van der Waals surface area (Å²) in [4.78, 5) is 25.5. The van der Waals surface area contributed by atoms with Gasteiger partial charge in [0, 0.05) is 33.4 Å². The first-order chi connectivity index (χ1) is 15.8. The maximum absolute atomic E-state index is 13.2. The number of piperidine rings is 1. The molecule has 0 spiro atoms. The average molecular weight is 478 g/mol. The molecule has 1 unspecified atom stereocenters. The van der Waals surface area contributed by atoms with Gasteiger partial charge in [-0.15, -0.1) is 0 Å². The first-order valence-electron chi connectivity index (χ1n) is 10.8. The number of rotatable bonds is 9. The van der Waals surface area contributed by atoms with Gasteiger partial charge in [-0.3, -0.25) is 9.59 Å². The zero-order chi connectivity index (χ0) is 23.8. The lowest BCUT2D eigenvalue weighted by atomic mass is 9.98. The Hall–Kier alpha value is -2.82. The van der Waals surface area contributed by atoms with Gasteiger partial charge in [0.1, 0.15) is 5.82 Å². The van der Waals surface area contributed by atoms with E-state index in [1.54, 1.807) is 31.4 Å². The molecule has 33 heavy (non-hydrogen) atoms. The van der Waals surface area contributed by atoms with Crippen LogP contribution in [0, 0.1) is 11.7 Å². The molecule has 3 rings (SSSR count). The van der Waals surface area contributed by atoms with E-state index in [2.05, 4.69) is 10.6 Å². The van der Waals surface area contributed by atoms with Gasteiger partial charge in [-0.1, -0.05) is 12.1 Å². The Morgan fingerprint density at radius 3 is 2.61 bits per heavy atom. The molecular weight excluding hydrogens is 449 g/mol. The summed E-state index contributed by atoms with van der Waals surface area (Å²) < 4.78 is 45.3. The first-order valence-corrected chi connectivity index (χ1v) is 12.2. The number of carbonyl (C=O) groups excluding carboxylic acids is 2. The van der Waals surface area contributed by atoms with E-state index in [9.17, 15) is 22.4 Å². The minimum atomic E-state index is -3.84. The number of hydrogen-bond donors (Lipinski definition) is 2. The van der Waals surface area contributed by atoms with Crippen LogP contribution in [0.1, 0.15) is 29.6 Å². The predicted molar refractivity (Wildman–Crippen MR) is 122 cm³/mol. The van der Waals surface area contributed by atoms with Gasteiger partial charge in [-0.2, -0.15) is 4.31 Å². The molecule has 1 saturated heterocycles. The summed E-state index contributed by atoms with van der Waals surface area (Å²) in [7, 11) is -2.26. The van der Waals surface area contributed by atoms with Gasteiger partial charge in [0.05, 0.1) is 22.1 Å². The van der Waals surface area contributed by atoms with Gasteiger partial charge in [-0.25, -0.2) is 12.8 Å². The minimum absolute atomic E-state index is 0.0108. The van der Waals surface area contributed by atoms with Gasteiger partial charge < -0.3 is 15.4 Å². The number of carbonyl (C=O) groups is 2. The Labute approximate surface area is 193 Å². The lowest BCUT2D eigenvalue weighted by Crippen LogP contribution is -2.43. The molecule has 178 valence electrons. The van der Waals surface area contributed by atoms with Crippen LogP contribution in [0.15, 0.2) is 53.4 Å². The van der Waals surface area contributed by atoms with Crippen LogP contribution in [0.3, 0.4) is 0 Å². The summed E-state index contributed by atoms with van der Waals surface area (Å²) >= 11 is 0. The third kappa shape index (κ3) is 6.37. The lowest BCUT2D eigenvalue weighted by molar-refractivity contribution is -0.120. The molecule has 2 N–H and O–H groups in total. The zero-order valence-electron chi connectivity index (χ0n) is 18.4. The summed E-state index contributed by atoms with van der Waals surface area (Å²) in [5.74, 6) is -1.77. The second-order valence-corrected chi connectivity index (χ2v) is 9.73. The highest BCUT2D eigenvalue weighted by molar-refractivity contribution is 7.89. The third-order valence-electron chi connectivity index (χ3n) is 5.45. The number of sulfonamides is 1. The van der Waals surface area contributed by atoms with Crippen molar-refractivity contribution in [3.63, 3.8) is 0 Å². The number of ether oxygens (including phenoxy) is 1. The highest BCUT2D eigenvalue weighted by Gasteiger charge is 2.33. The van der Waals surface area contributed by atoms with Crippen molar-refractivity contribution in [2.45, 2.75) is 24.2 Å². The Bertz CT molecular complexity index is 1080.